The van der Waals surface area contributed by atoms with Gasteiger partial charge in [-0.2, -0.15) is 0 Å². The first-order valence-corrected chi connectivity index (χ1v) is 7.02. The third-order valence-electron chi connectivity index (χ3n) is 3.13. The van der Waals surface area contributed by atoms with Crippen molar-refractivity contribution < 1.29 is 9.53 Å². The average Bonchev–Trinajstić information content (AvgIpc) is 2.87. The lowest BCUT2D eigenvalue weighted by Gasteiger charge is -2.10. The van der Waals surface area contributed by atoms with Crippen molar-refractivity contribution in [3.8, 4) is 5.75 Å². The molecule has 0 aliphatic rings. The highest BCUT2D eigenvalue weighted by atomic mass is 16.5. The minimum Gasteiger partial charge on any atom is -0.493 e. The van der Waals surface area contributed by atoms with Crippen molar-refractivity contribution in [3.05, 3.63) is 54.1 Å². The van der Waals surface area contributed by atoms with Gasteiger partial charge < -0.3 is 14.5 Å². The fourth-order valence-electron chi connectivity index (χ4n) is 2.21. The number of anilines is 1. The molecule has 3 aromatic rings. The largest absolute Gasteiger partial charge is 0.493 e. The maximum atomic E-state index is 12.4. The van der Waals surface area contributed by atoms with Gasteiger partial charge in [0, 0.05) is 6.20 Å². The molecule has 6 heteroatoms. The molecule has 0 fully saturated rings. The van der Waals surface area contributed by atoms with Gasteiger partial charge >= 0.3 is 0 Å². The molecular formula is C16H16N4O2. The highest BCUT2D eigenvalue weighted by molar-refractivity contribution is 6.05. The van der Waals surface area contributed by atoms with Gasteiger partial charge in [0.2, 0.25) is 0 Å². The van der Waals surface area contributed by atoms with E-state index in [1.165, 1.54) is 0 Å². The van der Waals surface area contributed by atoms with Crippen molar-refractivity contribution in [1.29, 1.82) is 0 Å². The summed E-state index contributed by atoms with van der Waals surface area (Å²) >= 11 is 0. The van der Waals surface area contributed by atoms with E-state index in [0.717, 1.165) is 11.3 Å². The predicted molar refractivity (Wildman–Crippen MR) is 83.3 cm³/mol. The molecule has 2 heterocycles. The number of ether oxygens (including phenoxy) is 1. The summed E-state index contributed by atoms with van der Waals surface area (Å²) in [4.78, 5) is 20.9. The SMILES string of the molecule is CCOc1ccccc1C(=O)Nc1cn2cc(C)nc2cn1. The molecule has 1 N–H and O–H groups in total. The van der Waals surface area contributed by atoms with Crippen LogP contribution in [0.25, 0.3) is 5.65 Å². The number of benzene rings is 1. The monoisotopic (exact) mass is 296 g/mol. The Morgan fingerprint density at radius 3 is 2.95 bits per heavy atom. The van der Waals surface area contributed by atoms with Crippen LogP contribution >= 0.6 is 0 Å². The maximum absolute atomic E-state index is 12.4. The van der Waals surface area contributed by atoms with Crippen molar-refractivity contribution in [2.45, 2.75) is 13.8 Å². The number of rotatable bonds is 4. The number of nitrogens with zero attached hydrogens (tertiary/aromatic N) is 3. The van der Waals surface area contributed by atoms with Crippen LogP contribution in [-0.2, 0) is 0 Å². The van der Waals surface area contributed by atoms with Gasteiger partial charge in [-0.05, 0) is 26.0 Å². The zero-order chi connectivity index (χ0) is 15.5. The molecule has 112 valence electrons. The number of nitrogens with one attached hydrogen (secondary N) is 1. The van der Waals surface area contributed by atoms with Gasteiger partial charge in [-0.3, -0.25) is 4.79 Å². The topological polar surface area (TPSA) is 68.5 Å². The Bertz CT molecular complexity index is 826. The van der Waals surface area contributed by atoms with Gasteiger partial charge in [0.05, 0.1) is 30.3 Å². The minimum atomic E-state index is -0.257. The summed E-state index contributed by atoms with van der Waals surface area (Å²) in [7, 11) is 0. The first-order chi connectivity index (χ1) is 10.7. The predicted octanol–water partition coefficient (Wildman–Crippen LogP) is 2.69. The second-order valence-electron chi connectivity index (χ2n) is 4.80. The molecule has 0 bridgehead atoms. The van der Waals surface area contributed by atoms with E-state index in [4.69, 9.17) is 4.74 Å². The van der Waals surface area contributed by atoms with Gasteiger partial charge in [0.15, 0.2) is 5.65 Å². The number of aromatic nitrogens is 3. The Morgan fingerprint density at radius 1 is 1.32 bits per heavy atom. The Morgan fingerprint density at radius 2 is 2.14 bits per heavy atom. The lowest BCUT2D eigenvalue weighted by Crippen LogP contribution is -2.15. The molecule has 3 rings (SSSR count). The fourth-order valence-corrected chi connectivity index (χ4v) is 2.21. The van der Waals surface area contributed by atoms with Gasteiger partial charge in [0.25, 0.3) is 5.91 Å². The molecule has 0 spiro atoms. The Hall–Kier alpha value is -2.89. The number of hydrogen-bond donors (Lipinski definition) is 1. The lowest BCUT2D eigenvalue weighted by atomic mass is 10.2. The summed E-state index contributed by atoms with van der Waals surface area (Å²) in [6, 6.07) is 7.13. The standard InChI is InChI=1S/C16H16N4O2/c1-3-22-13-7-5-4-6-12(13)16(21)19-14-10-20-9-11(2)18-15(20)8-17-14/h4-10H,3H2,1-2H3,(H,19,21). The Balaban J connectivity index is 1.86. The smallest absolute Gasteiger partial charge is 0.260 e. The molecule has 0 atom stereocenters. The number of carbonyl (C=O) groups excluding carboxylic acids is 1. The van der Waals surface area contributed by atoms with E-state index >= 15 is 0 Å². The third kappa shape index (κ3) is 2.76. The van der Waals surface area contributed by atoms with Crippen LogP contribution in [0, 0.1) is 6.92 Å². The number of aryl methyl sites for hydroxylation is 1. The third-order valence-corrected chi connectivity index (χ3v) is 3.13. The number of imidazole rings is 1. The highest BCUT2D eigenvalue weighted by Crippen LogP contribution is 2.19. The summed E-state index contributed by atoms with van der Waals surface area (Å²) in [5, 5.41) is 2.78. The van der Waals surface area contributed by atoms with Crippen LogP contribution in [0.4, 0.5) is 5.82 Å². The van der Waals surface area contributed by atoms with E-state index in [9.17, 15) is 4.79 Å². The normalized spacial score (nSPS) is 10.6. The van der Waals surface area contributed by atoms with Crippen molar-refractivity contribution in [2.24, 2.45) is 0 Å². The van der Waals surface area contributed by atoms with Gasteiger partial charge in [-0.25, -0.2) is 9.97 Å². The molecule has 0 unspecified atom stereocenters. The van der Waals surface area contributed by atoms with Gasteiger partial charge in [-0.1, -0.05) is 12.1 Å². The molecule has 1 amide bonds. The first kappa shape index (κ1) is 14.1. The van der Waals surface area contributed by atoms with Crippen LogP contribution in [0.1, 0.15) is 23.0 Å². The van der Waals surface area contributed by atoms with E-state index in [0.29, 0.717) is 23.7 Å². The second-order valence-corrected chi connectivity index (χ2v) is 4.80. The minimum absolute atomic E-state index is 0.257. The molecule has 0 aliphatic carbocycles. The Kier molecular flexibility index (Phi) is 3.74. The molecule has 0 saturated heterocycles. The van der Waals surface area contributed by atoms with Crippen LogP contribution in [0.5, 0.6) is 5.75 Å². The Labute approximate surface area is 127 Å². The van der Waals surface area contributed by atoms with E-state index in [1.807, 2.05) is 30.5 Å². The lowest BCUT2D eigenvalue weighted by molar-refractivity contribution is 0.102. The van der Waals surface area contributed by atoms with Crippen molar-refractivity contribution >= 4 is 17.4 Å². The zero-order valence-corrected chi connectivity index (χ0v) is 12.4. The van der Waals surface area contributed by atoms with Crippen molar-refractivity contribution in [1.82, 2.24) is 14.4 Å². The highest BCUT2D eigenvalue weighted by Gasteiger charge is 2.13. The van der Waals surface area contributed by atoms with Crippen LogP contribution in [-0.4, -0.2) is 26.9 Å². The summed E-state index contributed by atoms with van der Waals surface area (Å²) in [6.45, 7) is 4.29. The van der Waals surface area contributed by atoms with Crippen LogP contribution in [0.3, 0.4) is 0 Å². The van der Waals surface area contributed by atoms with Crippen molar-refractivity contribution in [3.63, 3.8) is 0 Å². The van der Waals surface area contributed by atoms with Gasteiger partial charge in [0.1, 0.15) is 11.6 Å². The zero-order valence-electron chi connectivity index (χ0n) is 12.4. The molecule has 22 heavy (non-hydrogen) atoms. The summed E-state index contributed by atoms with van der Waals surface area (Å²) in [5.74, 6) is 0.760. The van der Waals surface area contributed by atoms with E-state index in [1.54, 1.807) is 30.6 Å². The molecule has 1 aromatic carbocycles. The average molecular weight is 296 g/mol. The second kappa shape index (κ2) is 5.85. The number of fused-ring (bicyclic) bond motifs is 1. The molecular weight excluding hydrogens is 280 g/mol. The van der Waals surface area contributed by atoms with E-state index in [-0.39, 0.29) is 5.91 Å². The fraction of sp³-hybridized carbons (Fsp3) is 0.188. The van der Waals surface area contributed by atoms with Crippen LogP contribution in [0.2, 0.25) is 0 Å². The summed E-state index contributed by atoms with van der Waals surface area (Å²) in [6.07, 6.45) is 5.23. The number of hydrogen-bond acceptors (Lipinski definition) is 4. The summed E-state index contributed by atoms with van der Waals surface area (Å²) < 4.78 is 7.30. The van der Waals surface area contributed by atoms with E-state index in [2.05, 4.69) is 15.3 Å². The molecule has 2 aromatic heterocycles. The van der Waals surface area contributed by atoms with E-state index < -0.39 is 0 Å². The molecule has 0 radical (unpaired) electrons. The quantitative estimate of drug-likeness (QED) is 0.803. The summed E-state index contributed by atoms with van der Waals surface area (Å²) in [5.41, 5.74) is 2.12. The maximum Gasteiger partial charge on any atom is 0.260 e. The number of para-hydroxylation sites is 1. The molecule has 0 aliphatic heterocycles. The van der Waals surface area contributed by atoms with Gasteiger partial charge in [-0.15, -0.1) is 0 Å². The number of amides is 1. The molecule has 6 nitrogen and oxygen atoms in total. The van der Waals surface area contributed by atoms with Crippen LogP contribution in [0.15, 0.2) is 42.9 Å². The molecule has 0 saturated carbocycles. The van der Waals surface area contributed by atoms with Crippen LogP contribution < -0.4 is 10.1 Å². The number of carbonyl (C=O) groups is 1. The first-order valence-electron chi connectivity index (χ1n) is 7.02. The van der Waals surface area contributed by atoms with Crippen molar-refractivity contribution in [2.75, 3.05) is 11.9 Å².